The molecule has 0 amide bonds. The Morgan fingerprint density at radius 1 is 1.26 bits per heavy atom. The Labute approximate surface area is 110 Å². The summed E-state index contributed by atoms with van der Waals surface area (Å²) < 4.78 is 7.68. The van der Waals surface area contributed by atoms with Crippen LogP contribution in [-0.4, -0.2) is 22.9 Å². The van der Waals surface area contributed by atoms with E-state index in [2.05, 4.69) is 0 Å². The van der Waals surface area contributed by atoms with Gasteiger partial charge in [-0.2, -0.15) is 0 Å². The maximum atomic E-state index is 12.3. The molecule has 0 aliphatic carbocycles. The second-order valence-electron chi connectivity index (χ2n) is 4.25. The molecule has 1 aromatic heterocycles. The molecule has 19 heavy (non-hydrogen) atoms. The molecule has 0 saturated carbocycles. The molecule has 0 aliphatic heterocycles. The minimum Gasteiger partial charge on any atom is -0.399 e. The molecule has 1 aromatic carbocycles. The van der Waals surface area contributed by atoms with Gasteiger partial charge in [0.25, 0.3) is 5.56 Å². The summed E-state index contributed by atoms with van der Waals surface area (Å²) >= 11 is 0. The molecular weight excluding hydrogens is 246 g/mol. The van der Waals surface area contributed by atoms with E-state index in [9.17, 15) is 9.59 Å². The zero-order valence-electron chi connectivity index (χ0n) is 11.0. The number of anilines is 1. The van der Waals surface area contributed by atoms with E-state index < -0.39 is 0 Å². The summed E-state index contributed by atoms with van der Waals surface area (Å²) in [5, 5.41) is 0.456. The largest absolute Gasteiger partial charge is 0.399 e. The summed E-state index contributed by atoms with van der Waals surface area (Å²) in [5.74, 6) is 0. The molecule has 0 fully saturated rings. The van der Waals surface area contributed by atoms with E-state index in [1.54, 1.807) is 22.8 Å². The van der Waals surface area contributed by atoms with Crippen molar-refractivity contribution in [3.05, 3.63) is 39.0 Å². The van der Waals surface area contributed by atoms with E-state index in [4.69, 9.17) is 10.5 Å². The lowest BCUT2D eigenvalue weighted by atomic mass is 10.2. The molecule has 1 heterocycles. The number of fused-ring (bicyclic) bond motifs is 1. The maximum Gasteiger partial charge on any atom is 0.331 e. The number of methoxy groups -OCH3 is 1. The van der Waals surface area contributed by atoms with Crippen molar-refractivity contribution in [3.63, 3.8) is 0 Å². The third-order valence-corrected chi connectivity index (χ3v) is 3.08. The van der Waals surface area contributed by atoms with Crippen LogP contribution in [0.5, 0.6) is 0 Å². The summed E-state index contributed by atoms with van der Waals surface area (Å²) in [4.78, 5) is 24.6. The fraction of sp³-hybridized carbons (Fsp3) is 0.385. The maximum absolute atomic E-state index is 12.3. The van der Waals surface area contributed by atoms with Crippen LogP contribution in [0.3, 0.4) is 0 Å². The van der Waals surface area contributed by atoms with Gasteiger partial charge in [-0.25, -0.2) is 4.79 Å². The second kappa shape index (κ2) is 5.27. The standard InChI is InChI=1S/C13H17N3O3/c1-3-15-11-5-4-9(14)8-10(11)12(17)16(13(15)18)6-7-19-2/h4-5,8H,3,6-7,14H2,1-2H3. The topological polar surface area (TPSA) is 79.2 Å². The highest BCUT2D eigenvalue weighted by atomic mass is 16.5. The van der Waals surface area contributed by atoms with Crippen molar-refractivity contribution in [2.24, 2.45) is 0 Å². The first-order valence-electron chi connectivity index (χ1n) is 6.12. The van der Waals surface area contributed by atoms with Crippen LogP contribution in [0.1, 0.15) is 6.92 Å². The summed E-state index contributed by atoms with van der Waals surface area (Å²) in [6.07, 6.45) is 0. The van der Waals surface area contributed by atoms with Gasteiger partial charge in [-0.05, 0) is 25.1 Å². The highest BCUT2D eigenvalue weighted by Crippen LogP contribution is 2.12. The predicted molar refractivity (Wildman–Crippen MR) is 74.4 cm³/mol. The van der Waals surface area contributed by atoms with Gasteiger partial charge in [0.2, 0.25) is 0 Å². The molecule has 0 atom stereocenters. The number of aryl methyl sites for hydroxylation is 1. The number of nitrogen functional groups attached to an aromatic ring is 1. The van der Waals surface area contributed by atoms with Crippen molar-refractivity contribution in [1.82, 2.24) is 9.13 Å². The third-order valence-electron chi connectivity index (χ3n) is 3.08. The lowest BCUT2D eigenvalue weighted by Crippen LogP contribution is -2.40. The van der Waals surface area contributed by atoms with Gasteiger partial charge in [-0.3, -0.25) is 13.9 Å². The van der Waals surface area contributed by atoms with Gasteiger partial charge in [0.15, 0.2) is 0 Å². The van der Waals surface area contributed by atoms with E-state index in [-0.39, 0.29) is 17.8 Å². The van der Waals surface area contributed by atoms with Gasteiger partial charge in [0, 0.05) is 19.3 Å². The monoisotopic (exact) mass is 263 g/mol. The van der Waals surface area contributed by atoms with Crippen LogP contribution in [0.2, 0.25) is 0 Å². The predicted octanol–water partition coefficient (Wildman–Crippen LogP) is 0.412. The number of hydrogen-bond donors (Lipinski definition) is 1. The molecule has 2 N–H and O–H groups in total. The summed E-state index contributed by atoms with van der Waals surface area (Å²) in [7, 11) is 1.53. The number of aromatic nitrogens is 2. The summed E-state index contributed by atoms with van der Waals surface area (Å²) in [6.45, 7) is 2.90. The number of nitrogens with two attached hydrogens (primary N) is 1. The van der Waals surface area contributed by atoms with Crippen LogP contribution < -0.4 is 17.0 Å². The minimum absolute atomic E-state index is 0.235. The SMILES string of the molecule is CCn1c(=O)n(CCOC)c(=O)c2cc(N)ccc21. The summed E-state index contributed by atoms with van der Waals surface area (Å²) in [5.41, 5.74) is 6.18. The number of rotatable bonds is 4. The molecule has 6 heteroatoms. The smallest absolute Gasteiger partial charge is 0.331 e. The quantitative estimate of drug-likeness (QED) is 0.810. The Morgan fingerprint density at radius 3 is 2.63 bits per heavy atom. The molecule has 0 radical (unpaired) electrons. The van der Waals surface area contributed by atoms with Gasteiger partial charge in [0.05, 0.1) is 24.1 Å². The van der Waals surface area contributed by atoms with Crippen molar-refractivity contribution < 1.29 is 4.74 Å². The zero-order chi connectivity index (χ0) is 14.0. The zero-order valence-corrected chi connectivity index (χ0v) is 11.0. The number of benzene rings is 1. The van der Waals surface area contributed by atoms with Crippen LogP contribution in [0, 0.1) is 0 Å². The van der Waals surface area contributed by atoms with E-state index in [0.29, 0.717) is 29.7 Å². The average molecular weight is 263 g/mol. The first kappa shape index (κ1) is 13.4. The van der Waals surface area contributed by atoms with Crippen molar-refractivity contribution >= 4 is 16.6 Å². The molecule has 6 nitrogen and oxygen atoms in total. The van der Waals surface area contributed by atoms with Crippen molar-refractivity contribution in [3.8, 4) is 0 Å². The molecular formula is C13H17N3O3. The first-order chi connectivity index (χ1) is 9.10. The fourth-order valence-corrected chi connectivity index (χ4v) is 2.13. The minimum atomic E-state index is -0.325. The number of hydrogen-bond acceptors (Lipinski definition) is 4. The van der Waals surface area contributed by atoms with Gasteiger partial charge >= 0.3 is 5.69 Å². The van der Waals surface area contributed by atoms with Crippen LogP contribution in [0.25, 0.3) is 10.9 Å². The third kappa shape index (κ3) is 2.26. The lowest BCUT2D eigenvalue weighted by molar-refractivity contribution is 0.184. The Balaban J connectivity index is 2.83. The number of nitrogens with zero attached hydrogens (tertiary/aromatic N) is 2. The van der Waals surface area contributed by atoms with E-state index >= 15 is 0 Å². The van der Waals surface area contributed by atoms with Crippen LogP contribution in [0.4, 0.5) is 5.69 Å². The molecule has 0 unspecified atom stereocenters. The molecule has 0 saturated heterocycles. The van der Waals surface area contributed by atoms with Crippen LogP contribution >= 0.6 is 0 Å². The van der Waals surface area contributed by atoms with Gasteiger partial charge in [-0.15, -0.1) is 0 Å². The molecule has 0 spiro atoms. The Hall–Kier alpha value is -2.08. The first-order valence-corrected chi connectivity index (χ1v) is 6.12. The van der Waals surface area contributed by atoms with Crippen molar-refractivity contribution in [1.29, 1.82) is 0 Å². The van der Waals surface area contributed by atoms with E-state index in [0.717, 1.165) is 0 Å². The molecule has 102 valence electrons. The average Bonchev–Trinajstić information content (AvgIpc) is 2.40. The van der Waals surface area contributed by atoms with Gasteiger partial charge in [0.1, 0.15) is 0 Å². The second-order valence-corrected chi connectivity index (χ2v) is 4.25. The molecule has 2 aromatic rings. The van der Waals surface area contributed by atoms with Crippen molar-refractivity contribution in [2.45, 2.75) is 20.0 Å². The highest BCUT2D eigenvalue weighted by molar-refractivity contribution is 5.81. The summed E-state index contributed by atoms with van der Waals surface area (Å²) in [6, 6.07) is 5.00. The Bertz CT molecular complexity index is 715. The fourth-order valence-electron chi connectivity index (χ4n) is 2.13. The van der Waals surface area contributed by atoms with E-state index in [1.165, 1.54) is 11.7 Å². The van der Waals surface area contributed by atoms with Gasteiger partial charge in [-0.1, -0.05) is 0 Å². The van der Waals surface area contributed by atoms with Crippen molar-refractivity contribution in [2.75, 3.05) is 19.5 Å². The van der Waals surface area contributed by atoms with Crippen LogP contribution in [-0.2, 0) is 17.8 Å². The number of ether oxygens (including phenoxy) is 1. The highest BCUT2D eigenvalue weighted by Gasteiger charge is 2.11. The lowest BCUT2D eigenvalue weighted by Gasteiger charge is -2.12. The van der Waals surface area contributed by atoms with Gasteiger partial charge < -0.3 is 10.5 Å². The van der Waals surface area contributed by atoms with E-state index in [1.807, 2.05) is 6.92 Å². The normalized spacial score (nSPS) is 11.1. The molecule has 0 bridgehead atoms. The molecule has 2 rings (SSSR count). The Kier molecular flexibility index (Phi) is 3.71. The Morgan fingerprint density at radius 2 is 2.00 bits per heavy atom. The molecule has 0 aliphatic rings. The van der Waals surface area contributed by atoms with Crippen LogP contribution in [0.15, 0.2) is 27.8 Å².